The van der Waals surface area contributed by atoms with Crippen molar-refractivity contribution in [1.82, 2.24) is 15.6 Å². The number of aliphatic hydroxyl groups excluding tert-OH is 1. The lowest BCUT2D eigenvalue weighted by Gasteiger charge is -2.34. The van der Waals surface area contributed by atoms with Crippen molar-refractivity contribution in [2.75, 3.05) is 26.9 Å². The highest BCUT2D eigenvalue weighted by Gasteiger charge is 2.39. The van der Waals surface area contributed by atoms with E-state index < -0.39 is 47.5 Å². The van der Waals surface area contributed by atoms with E-state index >= 15 is 0 Å². The van der Waals surface area contributed by atoms with E-state index in [0.717, 1.165) is 25.7 Å². The number of nitrogens with one attached hydrogen (secondary N) is 2. The van der Waals surface area contributed by atoms with Crippen LogP contribution in [0.3, 0.4) is 0 Å². The van der Waals surface area contributed by atoms with Crippen LogP contribution in [0.4, 0.5) is 0 Å². The number of unbranched alkanes of at least 4 members (excludes halogenated alkanes) is 2. The number of pyridine rings is 1. The fraction of sp³-hybridized carbons (Fsp3) is 0.765. The number of methoxy groups -OCH3 is 1. The number of esters is 1. The number of aliphatic hydroxyl groups is 1. The van der Waals surface area contributed by atoms with Crippen molar-refractivity contribution >= 4 is 17.8 Å². The monoisotopic (exact) mass is 636 g/mol. The Morgan fingerprint density at radius 3 is 2.24 bits per heavy atom. The van der Waals surface area contributed by atoms with Crippen LogP contribution < -0.4 is 21.1 Å². The molecule has 45 heavy (non-hydrogen) atoms. The highest BCUT2D eigenvalue weighted by Crippen LogP contribution is 2.31. The summed E-state index contributed by atoms with van der Waals surface area (Å²) in [4.78, 5) is 44.1. The number of carbonyl (C=O) groups excluding carboxylic acids is 3. The standard InChI is InChI=1S/C34H60N4O7/c1-10-11-16-37-31(40)25(23(4)5)21-27(39)26(33(42)45-34(6,7)8)20-24(22(2)3)30(35)38-32(41)29-28(15-14-17-36-29)44-19-13-12-18-43-9/h14-15,17,22-27,30,39H,10-13,16,18-21,35H2,1-9H3,(H,37,40)(H,38,41)/t24-,25-,26-,27-,30?/m0/s1. The number of ether oxygens (including phenoxy) is 3. The number of hydrogen-bond donors (Lipinski definition) is 4. The van der Waals surface area contributed by atoms with E-state index in [-0.39, 0.29) is 36.3 Å². The second-order valence-electron chi connectivity index (χ2n) is 13.5. The minimum atomic E-state index is -1.16. The maximum Gasteiger partial charge on any atom is 0.312 e. The van der Waals surface area contributed by atoms with Crippen LogP contribution in [-0.4, -0.2) is 72.6 Å². The molecule has 258 valence electrons. The summed E-state index contributed by atoms with van der Waals surface area (Å²) < 4.78 is 16.6. The maximum absolute atomic E-state index is 13.5. The number of aromatic nitrogens is 1. The molecule has 5 N–H and O–H groups in total. The van der Waals surface area contributed by atoms with Gasteiger partial charge in [-0.25, -0.2) is 4.98 Å². The summed E-state index contributed by atoms with van der Waals surface area (Å²) in [5, 5.41) is 17.3. The third-order valence-electron chi connectivity index (χ3n) is 7.77. The van der Waals surface area contributed by atoms with Crippen LogP contribution in [0.15, 0.2) is 18.3 Å². The van der Waals surface area contributed by atoms with Gasteiger partial charge in [0.25, 0.3) is 5.91 Å². The van der Waals surface area contributed by atoms with Gasteiger partial charge in [0.1, 0.15) is 5.60 Å². The molecule has 1 rings (SSSR count). The van der Waals surface area contributed by atoms with Crippen molar-refractivity contribution < 1.29 is 33.7 Å². The van der Waals surface area contributed by atoms with Crippen molar-refractivity contribution in [2.45, 2.75) is 112 Å². The molecule has 1 heterocycles. The summed E-state index contributed by atoms with van der Waals surface area (Å²) in [6, 6.07) is 3.38. The molecule has 11 nitrogen and oxygen atoms in total. The number of rotatable bonds is 21. The molecule has 2 amide bonds. The third kappa shape index (κ3) is 14.9. The first-order chi connectivity index (χ1) is 21.1. The number of hydrogen-bond acceptors (Lipinski definition) is 9. The summed E-state index contributed by atoms with van der Waals surface area (Å²) in [6.07, 6.45) is 3.10. The van der Waals surface area contributed by atoms with Gasteiger partial charge in [0, 0.05) is 32.4 Å². The van der Waals surface area contributed by atoms with Crippen LogP contribution in [0.25, 0.3) is 0 Å². The predicted molar refractivity (Wildman–Crippen MR) is 175 cm³/mol. The fourth-order valence-corrected chi connectivity index (χ4v) is 5.08. The molecule has 0 aliphatic carbocycles. The Balaban J connectivity index is 3.18. The van der Waals surface area contributed by atoms with E-state index in [0.29, 0.717) is 25.5 Å². The fourth-order valence-electron chi connectivity index (χ4n) is 5.08. The minimum absolute atomic E-state index is 0.0576. The summed E-state index contributed by atoms with van der Waals surface area (Å²) in [6.45, 7) is 16.7. The molecule has 11 heteroatoms. The Morgan fingerprint density at radius 2 is 1.67 bits per heavy atom. The molecular formula is C34H60N4O7. The summed E-state index contributed by atoms with van der Waals surface area (Å²) in [5.74, 6) is -2.88. The average molecular weight is 637 g/mol. The first kappa shape index (κ1) is 40.3. The summed E-state index contributed by atoms with van der Waals surface area (Å²) >= 11 is 0. The van der Waals surface area contributed by atoms with Gasteiger partial charge in [-0.15, -0.1) is 0 Å². The maximum atomic E-state index is 13.5. The van der Waals surface area contributed by atoms with Crippen LogP contribution in [0.2, 0.25) is 0 Å². The van der Waals surface area contributed by atoms with Gasteiger partial charge in [-0.05, 0) is 82.8 Å². The van der Waals surface area contributed by atoms with Crippen LogP contribution in [0.5, 0.6) is 5.75 Å². The van der Waals surface area contributed by atoms with Gasteiger partial charge in [0.2, 0.25) is 5.91 Å². The second-order valence-corrected chi connectivity index (χ2v) is 13.5. The van der Waals surface area contributed by atoms with Gasteiger partial charge in [-0.3, -0.25) is 14.4 Å². The highest BCUT2D eigenvalue weighted by molar-refractivity contribution is 5.95. The second kappa shape index (κ2) is 20.4. The molecule has 0 aliphatic rings. The molecule has 0 aliphatic heterocycles. The van der Waals surface area contributed by atoms with Crippen molar-refractivity contribution in [3.05, 3.63) is 24.0 Å². The number of carbonyl (C=O) groups is 3. The number of amides is 2. The van der Waals surface area contributed by atoms with E-state index in [1.54, 1.807) is 40.0 Å². The van der Waals surface area contributed by atoms with Gasteiger partial charge in [0.15, 0.2) is 11.4 Å². The molecule has 1 aromatic rings. The molecule has 0 saturated carbocycles. The van der Waals surface area contributed by atoms with Crippen LogP contribution >= 0.6 is 0 Å². The lowest BCUT2D eigenvalue weighted by atomic mass is 9.78. The quantitative estimate of drug-likeness (QED) is 0.0867. The normalized spacial score (nSPS) is 15.2. The van der Waals surface area contributed by atoms with E-state index in [2.05, 4.69) is 15.6 Å². The lowest BCUT2D eigenvalue weighted by molar-refractivity contribution is -0.166. The Kier molecular flexibility index (Phi) is 18.2. The molecule has 1 unspecified atom stereocenters. The van der Waals surface area contributed by atoms with Crippen molar-refractivity contribution in [3.8, 4) is 5.75 Å². The van der Waals surface area contributed by atoms with Crippen LogP contribution in [0, 0.1) is 29.6 Å². The van der Waals surface area contributed by atoms with Crippen molar-refractivity contribution in [3.63, 3.8) is 0 Å². The van der Waals surface area contributed by atoms with Gasteiger partial charge in [0.05, 0.1) is 24.8 Å². The average Bonchev–Trinajstić information content (AvgIpc) is 2.94. The Morgan fingerprint density at radius 1 is 1.00 bits per heavy atom. The first-order valence-electron chi connectivity index (χ1n) is 16.4. The Bertz CT molecular complexity index is 1030. The SMILES string of the molecule is CCCCNC(=O)[C@@H](C[C@H](O)[C@H](C[C@@H](C(C)C)C(N)NC(=O)c1ncccc1OCCCCOC)C(=O)OC(C)(C)C)C(C)C. The third-order valence-corrected chi connectivity index (χ3v) is 7.77. The van der Waals surface area contributed by atoms with Crippen LogP contribution in [0.1, 0.15) is 104 Å². The van der Waals surface area contributed by atoms with Crippen molar-refractivity contribution in [2.24, 2.45) is 35.3 Å². The van der Waals surface area contributed by atoms with E-state index in [9.17, 15) is 19.5 Å². The topological polar surface area (TPSA) is 162 Å². The Labute approximate surface area is 270 Å². The van der Waals surface area contributed by atoms with Gasteiger partial charge in [-0.2, -0.15) is 0 Å². The van der Waals surface area contributed by atoms with E-state index in [1.165, 1.54) is 6.20 Å². The Hall–Kier alpha value is -2.76. The zero-order valence-electron chi connectivity index (χ0n) is 29.1. The molecular weight excluding hydrogens is 576 g/mol. The molecule has 0 aromatic carbocycles. The molecule has 0 saturated heterocycles. The highest BCUT2D eigenvalue weighted by atomic mass is 16.6. The first-order valence-corrected chi connectivity index (χ1v) is 16.4. The van der Waals surface area contributed by atoms with Gasteiger partial charge >= 0.3 is 5.97 Å². The lowest BCUT2D eigenvalue weighted by Crippen LogP contribution is -2.50. The number of nitrogens with zero attached hydrogens (tertiary/aromatic N) is 1. The summed E-state index contributed by atoms with van der Waals surface area (Å²) in [5.41, 5.74) is 5.92. The molecule has 0 spiro atoms. The molecule has 5 atom stereocenters. The van der Waals surface area contributed by atoms with Gasteiger partial charge in [-0.1, -0.05) is 41.0 Å². The largest absolute Gasteiger partial charge is 0.491 e. The molecule has 0 radical (unpaired) electrons. The molecule has 0 fully saturated rings. The van der Waals surface area contributed by atoms with Crippen molar-refractivity contribution in [1.29, 1.82) is 0 Å². The van der Waals surface area contributed by atoms with E-state index in [4.69, 9.17) is 19.9 Å². The number of nitrogens with two attached hydrogens (primary N) is 1. The molecule has 1 aromatic heterocycles. The smallest absolute Gasteiger partial charge is 0.312 e. The zero-order valence-corrected chi connectivity index (χ0v) is 29.1. The van der Waals surface area contributed by atoms with Crippen LogP contribution in [-0.2, 0) is 19.1 Å². The minimum Gasteiger partial charge on any atom is -0.491 e. The zero-order chi connectivity index (χ0) is 34.2. The van der Waals surface area contributed by atoms with Gasteiger partial charge < -0.3 is 35.7 Å². The van der Waals surface area contributed by atoms with E-state index in [1.807, 2.05) is 34.6 Å². The molecule has 0 bridgehead atoms. The summed E-state index contributed by atoms with van der Waals surface area (Å²) in [7, 11) is 1.64. The predicted octanol–water partition coefficient (Wildman–Crippen LogP) is 4.46.